The maximum Gasteiger partial charge on any atom is 0.338 e. The molecule has 200 valence electrons. The molecule has 0 aromatic heterocycles. The number of benzene rings is 3. The van der Waals surface area contributed by atoms with Crippen molar-refractivity contribution in [1.82, 2.24) is 0 Å². The Labute approximate surface area is 239 Å². The predicted molar refractivity (Wildman–Crippen MR) is 151 cm³/mol. The Balaban J connectivity index is 1.39. The summed E-state index contributed by atoms with van der Waals surface area (Å²) >= 11 is 18.3. The quantitative estimate of drug-likeness (QED) is 0.165. The van der Waals surface area contributed by atoms with Crippen molar-refractivity contribution in [3.63, 3.8) is 0 Å². The molecule has 11 heteroatoms. The Morgan fingerprint density at radius 1 is 0.846 bits per heavy atom. The molecule has 39 heavy (non-hydrogen) atoms. The van der Waals surface area contributed by atoms with Crippen LogP contribution < -0.4 is 15.5 Å². The van der Waals surface area contributed by atoms with Crippen LogP contribution in [-0.4, -0.2) is 30.3 Å². The fourth-order valence-electron chi connectivity index (χ4n) is 3.63. The summed E-state index contributed by atoms with van der Waals surface area (Å²) in [5, 5.41) is 5.76. The predicted octanol–water partition coefficient (Wildman–Crippen LogP) is 6.64. The molecule has 2 N–H and O–H groups in total. The number of imide groups is 1. The Hall–Kier alpha value is -3.85. The lowest BCUT2D eigenvalue weighted by atomic mass is 10.1. The molecule has 0 bridgehead atoms. The highest BCUT2D eigenvalue weighted by atomic mass is 35.5. The van der Waals surface area contributed by atoms with Crippen molar-refractivity contribution in [2.45, 2.75) is 19.8 Å². The molecule has 0 spiro atoms. The number of unbranched alkanes of at least 4 members (excludes halogenated alkanes) is 1. The van der Waals surface area contributed by atoms with Crippen LogP contribution in [0.3, 0.4) is 0 Å². The largest absolute Gasteiger partial charge is 0.462 e. The van der Waals surface area contributed by atoms with Crippen LogP contribution >= 0.6 is 34.8 Å². The number of carbonyl (C=O) groups is 4. The van der Waals surface area contributed by atoms with E-state index in [1.165, 1.54) is 18.2 Å². The van der Waals surface area contributed by atoms with Crippen LogP contribution in [0.5, 0.6) is 0 Å². The molecule has 3 aromatic rings. The number of esters is 1. The Kier molecular flexibility index (Phi) is 8.91. The third kappa shape index (κ3) is 6.42. The maximum absolute atomic E-state index is 13.0. The normalized spacial score (nSPS) is 13.1. The summed E-state index contributed by atoms with van der Waals surface area (Å²) in [6.07, 6.45) is 1.72. The number of hydrogen-bond donors (Lipinski definition) is 2. The lowest BCUT2D eigenvalue weighted by Crippen LogP contribution is -2.32. The third-order valence-corrected chi connectivity index (χ3v) is 6.59. The topological polar surface area (TPSA) is 105 Å². The van der Waals surface area contributed by atoms with Crippen molar-refractivity contribution in [1.29, 1.82) is 0 Å². The van der Waals surface area contributed by atoms with Crippen molar-refractivity contribution in [2.24, 2.45) is 0 Å². The Bertz CT molecular complexity index is 1470. The van der Waals surface area contributed by atoms with Crippen LogP contribution in [0, 0.1) is 0 Å². The van der Waals surface area contributed by atoms with Gasteiger partial charge in [0.05, 0.1) is 22.9 Å². The summed E-state index contributed by atoms with van der Waals surface area (Å²) in [6.45, 7) is 2.37. The van der Waals surface area contributed by atoms with Crippen LogP contribution in [0.25, 0.3) is 0 Å². The highest BCUT2D eigenvalue weighted by Crippen LogP contribution is 2.35. The van der Waals surface area contributed by atoms with Crippen LogP contribution in [0.1, 0.15) is 40.5 Å². The van der Waals surface area contributed by atoms with E-state index in [9.17, 15) is 19.2 Å². The first-order valence-corrected chi connectivity index (χ1v) is 13.0. The van der Waals surface area contributed by atoms with Gasteiger partial charge >= 0.3 is 5.97 Å². The maximum atomic E-state index is 13.0. The molecule has 0 saturated carbocycles. The van der Waals surface area contributed by atoms with Crippen molar-refractivity contribution < 1.29 is 23.9 Å². The fourth-order valence-corrected chi connectivity index (χ4v) is 4.33. The molecule has 4 rings (SSSR count). The third-order valence-electron chi connectivity index (χ3n) is 5.70. The van der Waals surface area contributed by atoms with E-state index in [0.29, 0.717) is 34.1 Å². The van der Waals surface area contributed by atoms with E-state index < -0.39 is 17.8 Å². The summed E-state index contributed by atoms with van der Waals surface area (Å²) in [5.74, 6) is -2.22. The zero-order valence-electron chi connectivity index (χ0n) is 20.6. The second-order valence-electron chi connectivity index (χ2n) is 8.45. The number of rotatable bonds is 9. The van der Waals surface area contributed by atoms with Crippen LogP contribution in [0.2, 0.25) is 10.0 Å². The van der Waals surface area contributed by atoms with Gasteiger partial charge in [0, 0.05) is 22.0 Å². The van der Waals surface area contributed by atoms with Gasteiger partial charge in [-0.3, -0.25) is 14.4 Å². The lowest BCUT2D eigenvalue weighted by Gasteiger charge is -2.16. The van der Waals surface area contributed by atoms with Crippen LogP contribution in [-0.2, 0) is 14.3 Å². The van der Waals surface area contributed by atoms with Crippen molar-refractivity contribution in [3.05, 3.63) is 98.6 Å². The number of carbonyl (C=O) groups excluding carboxylic acids is 4. The van der Waals surface area contributed by atoms with E-state index in [-0.39, 0.29) is 27.3 Å². The van der Waals surface area contributed by atoms with Gasteiger partial charge < -0.3 is 15.4 Å². The number of halogens is 3. The number of anilines is 3. The van der Waals surface area contributed by atoms with E-state index in [2.05, 4.69) is 10.6 Å². The van der Waals surface area contributed by atoms with Crippen LogP contribution in [0.4, 0.5) is 17.1 Å². The number of ether oxygens (including phenoxy) is 1. The molecular formula is C28H22Cl3N3O5. The van der Waals surface area contributed by atoms with Crippen molar-refractivity contribution in [3.8, 4) is 0 Å². The average Bonchev–Trinajstić information content (AvgIpc) is 3.12. The summed E-state index contributed by atoms with van der Waals surface area (Å²) < 4.78 is 5.18. The average molecular weight is 587 g/mol. The number of nitrogens with one attached hydrogen (secondary N) is 2. The Morgan fingerprint density at radius 3 is 2.13 bits per heavy atom. The molecule has 0 radical (unpaired) electrons. The molecule has 0 unspecified atom stereocenters. The van der Waals surface area contributed by atoms with E-state index in [0.717, 1.165) is 17.7 Å². The van der Waals surface area contributed by atoms with Gasteiger partial charge in [0.2, 0.25) is 0 Å². The van der Waals surface area contributed by atoms with Crippen molar-refractivity contribution in [2.75, 3.05) is 22.1 Å². The van der Waals surface area contributed by atoms with Gasteiger partial charge in [0.25, 0.3) is 17.7 Å². The summed E-state index contributed by atoms with van der Waals surface area (Å²) in [5.41, 5.74) is 1.69. The molecule has 3 amide bonds. The molecule has 0 saturated heterocycles. The molecule has 1 aliphatic heterocycles. The first kappa shape index (κ1) is 28.2. The van der Waals surface area contributed by atoms with Crippen molar-refractivity contribution >= 4 is 75.6 Å². The molecular weight excluding hydrogens is 565 g/mol. The first-order chi connectivity index (χ1) is 18.7. The number of hydrogen-bond acceptors (Lipinski definition) is 6. The molecule has 0 atom stereocenters. The second-order valence-corrected chi connectivity index (χ2v) is 9.68. The van der Waals surface area contributed by atoms with Gasteiger partial charge in [0.15, 0.2) is 0 Å². The zero-order valence-corrected chi connectivity index (χ0v) is 22.9. The molecule has 8 nitrogen and oxygen atoms in total. The lowest BCUT2D eigenvalue weighted by molar-refractivity contribution is -0.120. The van der Waals surface area contributed by atoms with Gasteiger partial charge in [-0.1, -0.05) is 48.1 Å². The second kappa shape index (κ2) is 12.3. The minimum absolute atomic E-state index is 0.117. The highest BCUT2D eigenvalue weighted by molar-refractivity contribution is 6.54. The molecule has 3 aromatic carbocycles. The zero-order chi connectivity index (χ0) is 28.1. The molecule has 0 aliphatic carbocycles. The fraction of sp³-hybridized carbons (Fsp3) is 0.143. The minimum atomic E-state index is -0.732. The van der Waals surface area contributed by atoms with E-state index in [1.54, 1.807) is 48.5 Å². The van der Waals surface area contributed by atoms with E-state index in [1.807, 2.05) is 6.92 Å². The SMILES string of the molecule is CCCCOC(=O)c1ccc(NC(=O)c2ccc(NC3=C(Cl)C(=O)N(c4ccc(Cl)cc4Cl)C3=O)cc2)cc1. The van der Waals surface area contributed by atoms with E-state index >= 15 is 0 Å². The van der Waals surface area contributed by atoms with Gasteiger partial charge in [-0.05, 0) is 73.2 Å². The number of nitrogens with zero attached hydrogens (tertiary/aromatic N) is 1. The van der Waals surface area contributed by atoms with Gasteiger partial charge in [0.1, 0.15) is 10.7 Å². The van der Waals surface area contributed by atoms with Gasteiger partial charge in [-0.2, -0.15) is 0 Å². The Morgan fingerprint density at radius 2 is 1.49 bits per heavy atom. The summed E-state index contributed by atoms with van der Waals surface area (Å²) in [7, 11) is 0. The van der Waals surface area contributed by atoms with Gasteiger partial charge in [-0.25, -0.2) is 9.69 Å². The monoisotopic (exact) mass is 585 g/mol. The first-order valence-electron chi connectivity index (χ1n) is 11.9. The van der Waals surface area contributed by atoms with Gasteiger partial charge in [-0.15, -0.1) is 0 Å². The van der Waals surface area contributed by atoms with E-state index in [4.69, 9.17) is 39.5 Å². The summed E-state index contributed by atoms with van der Waals surface area (Å²) in [6, 6.07) is 17.0. The molecule has 0 fully saturated rings. The smallest absolute Gasteiger partial charge is 0.338 e. The minimum Gasteiger partial charge on any atom is -0.462 e. The molecule has 1 aliphatic rings. The number of amides is 3. The highest BCUT2D eigenvalue weighted by Gasteiger charge is 2.39. The molecule has 1 heterocycles. The standard InChI is InChI=1S/C28H22Cl3N3O5/c1-2-3-14-39-28(38)17-6-11-20(12-7-17)33-25(35)16-4-9-19(10-5-16)32-24-23(31)26(36)34(27(24)37)22-13-8-18(29)15-21(22)30/h4-13,15,32H,2-3,14H2,1H3,(H,33,35). The van der Waals surface area contributed by atoms with Crippen LogP contribution in [0.15, 0.2) is 77.5 Å². The summed E-state index contributed by atoms with van der Waals surface area (Å²) in [4.78, 5) is 51.3.